The van der Waals surface area contributed by atoms with Gasteiger partial charge in [-0.1, -0.05) is 0 Å². The Morgan fingerprint density at radius 1 is 1.27 bits per heavy atom. The van der Waals surface area contributed by atoms with Crippen LogP contribution in [-0.2, 0) is 11.3 Å². The summed E-state index contributed by atoms with van der Waals surface area (Å²) in [5, 5.41) is 4.25. The van der Waals surface area contributed by atoms with Crippen molar-refractivity contribution in [1.82, 2.24) is 19.7 Å². The fourth-order valence-corrected chi connectivity index (χ4v) is 2.44. The van der Waals surface area contributed by atoms with E-state index in [1.165, 1.54) is 18.3 Å². The summed E-state index contributed by atoms with van der Waals surface area (Å²) in [7, 11) is 0. The van der Waals surface area contributed by atoms with Crippen LogP contribution in [-0.4, -0.2) is 32.5 Å². The molecule has 112 valence electrons. The predicted molar refractivity (Wildman–Crippen MR) is 75.0 cm³/mol. The van der Waals surface area contributed by atoms with Crippen LogP contribution >= 0.6 is 0 Å². The number of aromatic nitrogens is 4. The minimum absolute atomic E-state index is 0.166. The largest absolute Gasteiger partial charge is 0.376 e. The SMILES string of the molecule is Fc1ccc(-c2cnc3c(cnn3C[C@@H]3CCO3)n2)c(F)c1. The normalized spacial score (nSPS) is 17.6. The van der Waals surface area contributed by atoms with Gasteiger partial charge in [0.1, 0.15) is 17.2 Å². The van der Waals surface area contributed by atoms with Gasteiger partial charge in [0.05, 0.1) is 30.7 Å². The molecule has 1 fully saturated rings. The summed E-state index contributed by atoms with van der Waals surface area (Å²) in [6, 6.07) is 3.38. The van der Waals surface area contributed by atoms with Crippen LogP contribution in [0.3, 0.4) is 0 Å². The van der Waals surface area contributed by atoms with Gasteiger partial charge in [0.25, 0.3) is 0 Å². The summed E-state index contributed by atoms with van der Waals surface area (Å²) >= 11 is 0. The van der Waals surface area contributed by atoms with Crippen molar-refractivity contribution in [3.63, 3.8) is 0 Å². The van der Waals surface area contributed by atoms with Gasteiger partial charge in [-0.05, 0) is 18.6 Å². The van der Waals surface area contributed by atoms with Gasteiger partial charge in [-0.2, -0.15) is 5.10 Å². The lowest BCUT2D eigenvalue weighted by Gasteiger charge is -2.26. The van der Waals surface area contributed by atoms with E-state index in [2.05, 4.69) is 15.1 Å². The van der Waals surface area contributed by atoms with E-state index in [0.717, 1.165) is 19.1 Å². The number of benzene rings is 1. The molecule has 3 aromatic rings. The third kappa shape index (κ3) is 2.23. The van der Waals surface area contributed by atoms with E-state index in [1.807, 2.05) is 0 Å². The Morgan fingerprint density at radius 3 is 2.86 bits per heavy atom. The maximum absolute atomic E-state index is 13.8. The molecule has 2 aromatic heterocycles. The zero-order valence-electron chi connectivity index (χ0n) is 11.5. The number of hydrogen-bond acceptors (Lipinski definition) is 4. The molecule has 0 radical (unpaired) electrons. The van der Waals surface area contributed by atoms with Crippen LogP contribution in [0.25, 0.3) is 22.4 Å². The van der Waals surface area contributed by atoms with Crippen molar-refractivity contribution in [3.05, 3.63) is 42.2 Å². The quantitative estimate of drug-likeness (QED) is 0.746. The average molecular weight is 302 g/mol. The van der Waals surface area contributed by atoms with E-state index in [1.54, 1.807) is 10.9 Å². The van der Waals surface area contributed by atoms with Gasteiger partial charge in [-0.25, -0.2) is 23.4 Å². The van der Waals surface area contributed by atoms with Crippen molar-refractivity contribution in [3.8, 4) is 11.3 Å². The second-order valence-electron chi connectivity index (χ2n) is 5.20. The maximum atomic E-state index is 13.8. The molecule has 0 spiro atoms. The Balaban J connectivity index is 1.71. The minimum atomic E-state index is -0.663. The molecule has 1 saturated heterocycles. The Bertz CT molecular complexity index is 845. The van der Waals surface area contributed by atoms with E-state index in [9.17, 15) is 8.78 Å². The Morgan fingerprint density at radius 2 is 2.14 bits per heavy atom. The van der Waals surface area contributed by atoms with Crippen molar-refractivity contribution in [2.75, 3.05) is 6.61 Å². The molecule has 1 aromatic carbocycles. The summed E-state index contributed by atoms with van der Waals surface area (Å²) in [6.07, 6.45) is 4.23. The van der Waals surface area contributed by atoms with Crippen molar-refractivity contribution in [2.45, 2.75) is 19.1 Å². The van der Waals surface area contributed by atoms with E-state index < -0.39 is 11.6 Å². The molecular formula is C15H12F2N4O. The van der Waals surface area contributed by atoms with Crippen LogP contribution < -0.4 is 0 Å². The lowest BCUT2D eigenvalue weighted by molar-refractivity contribution is -0.0603. The van der Waals surface area contributed by atoms with Gasteiger partial charge < -0.3 is 4.74 Å². The highest BCUT2D eigenvalue weighted by Crippen LogP contribution is 2.23. The van der Waals surface area contributed by atoms with Crippen molar-refractivity contribution < 1.29 is 13.5 Å². The first kappa shape index (κ1) is 13.3. The molecule has 0 amide bonds. The molecule has 0 unspecified atom stereocenters. The Labute approximate surface area is 124 Å². The lowest BCUT2D eigenvalue weighted by Crippen LogP contribution is -2.31. The summed E-state index contributed by atoms with van der Waals surface area (Å²) in [4.78, 5) is 8.67. The molecule has 1 atom stereocenters. The predicted octanol–water partition coefficient (Wildman–Crippen LogP) is 2.56. The Kier molecular flexibility index (Phi) is 3.07. The highest BCUT2D eigenvalue weighted by molar-refractivity contribution is 5.73. The number of ether oxygens (including phenoxy) is 1. The number of halogens is 2. The van der Waals surface area contributed by atoms with Crippen molar-refractivity contribution in [1.29, 1.82) is 0 Å². The molecule has 3 heterocycles. The molecular weight excluding hydrogens is 290 g/mol. The fourth-order valence-electron chi connectivity index (χ4n) is 2.44. The first-order valence-corrected chi connectivity index (χ1v) is 6.96. The van der Waals surface area contributed by atoms with Gasteiger partial charge >= 0.3 is 0 Å². The molecule has 7 heteroatoms. The average Bonchev–Trinajstić information content (AvgIpc) is 2.85. The second kappa shape index (κ2) is 5.10. The van der Waals surface area contributed by atoms with E-state index >= 15 is 0 Å². The molecule has 0 bridgehead atoms. The molecule has 4 rings (SSSR count). The lowest BCUT2D eigenvalue weighted by atomic mass is 10.1. The van der Waals surface area contributed by atoms with E-state index in [4.69, 9.17) is 4.74 Å². The first-order chi connectivity index (χ1) is 10.7. The smallest absolute Gasteiger partial charge is 0.176 e. The number of fused-ring (bicyclic) bond motifs is 1. The molecule has 22 heavy (non-hydrogen) atoms. The van der Waals surface area contributed by atoms with Gasteiger partial charge in [0.2, 0.25) is 0 Å². The van der Waals surface area contributed by atoms with Crippen LogP contribution in [0.5, 0.6) is 0 Å². The van der Waals surface area contributed by atoms with Crippen LogP contribution in [0.1, 0.15) is 6.42 Å². The van der Waals surface area contributed by atoms with Gasteiger partial charge in [-0.15, -0.1) is 0 Å². The standard InChI is InChI=1S/C15H12F2N4O/c16-9-1-2-11(12(17)5-9)13-6-18-15-14(20-13)7-19-21(15)8-10-3-4-22-10/h1-2,5-7,10H,3-4,8H2/t10-/m0/s1. The minimum Gasteiger partial charge on any atom is -0.376 e. The van der Waals surface area contributed by atoms with Crippen LogP contribution in [0, 0.1) is 11.6 Å². The molecule has 0 N–H and O–H groups in total. The third-order valence-electron chi connectivity index (χ3n) is 3.72. The van der Waals surface area contributed by atoms with E-state index in [-0.39, 0.29) is 11.7 Å². The zero-order chi connectivity index (χ0) is 15.1. The fraction of sp³-hybridized carbons (Fsp3) is 0.267. The summed E-state index contributed by atoms with van der Waals surface area (Å²) in [5.74, 6) is -1.28. The van der Waals surface area contributed by atoms with Gasteiger partial charge in [-0.3, -0.25) is 0 Å². The highest BCUT2D eigenvalue weighted by Gasteiger charge is 2.20. The second-order valence-corrected chi connectivity index (χ2v) is 5.20. The summed E-state index contributed by atoms with van der Waals surface area (Å²) in [5.41, 5.74) is 1.76. The Hall–Kier alpha value is -2.41. The number of rotatable bonds is 3. The van der Waals surface area contributed by atoms with Crippen molar-refractivity contribution in [2.24, 2.45) is 0 Å². The highest BCUT2D eigenvalue weighted by atomic mass is 19.1. The molecule has 5 nitrogen and oxygen atoms in total. The number of hydrogen-bond donors (Lipinski definition) is 0. The third-order valence-corrected chi connectivity index (χ3v) is 3.72. The monoisotopic (exact) mass is 302 g/mol. The number of nitrogens with zero attached hydrogens (tertiary/aromatic N) is 4. The van der Waals surface area contributed by atoms with Gasteiger partial charge in [0.15, 0.2) is 5.65 Å². The van der Waals surface area contributed by atoms with Crippen LogP contribution in [0.2, 0.25) is 0 Å². The molecule has 1 aliphatic rings. The topological polar surface area (TPSA) is 52.8 Å². The van der Waals surface area contributed by atoms with Crippen LogP contribution in [0.4, 0.5) is 8.78 Å². The molecule has 0 aliphatic carbocycles. The maximum Gasteiger partial charge on any atom is 0.176 e. The van der Waals surface area contributed by atoms with Gasteiger partial charge in [0, 0.05) is 18.2 Å². The summed E-state index contributed by atoms with van der Waals surface area (Å²) < 4.78 is 33.9. The summed E-state index contributed by atoms with van der Waals surface area (Å²) in [6.45, 7) is 1.41. The van der Waals surface area contributed by atoms with E-state index in [0.29, 0.717) is 23.4 Å². The first-order valence-electron chi connectivity index (χ1n) is 6.96. The molecule has 1 aliphatic heterocycles. The van der Waals surface area contributed by atoms with Crippen molar-refractivity contribution >= 4 is 11.2 Å². The molecule has 0 saturated carbocycles. The zero-order valence-corrected chi connectivity index (χ0v) is 11.5. The van der Waals surface area contributed by atoms with Crippen LogP contribution in [0.15, 0.2) is 30.6 Å².